The summed E-state index contributed by atoms with van der Waals surface area (Å²) in [6.45, 7) is 10.2. The number of rotatable bonds is 6. The number of benzene rings is 1. The Bertz CT molecular complexity index is 398. The average molecular weight is 263 g/mol. The van der Waals surface area contributed by atoms with Crippen LogP contribution in [0.2, 0.25) is 0 Å². The van der Waals surface area contributed by atoms with E-state index in [-0.39, 0.29) is 11.9 Å². The summed E-state index contributed by atoms with van der Waals surface area (Å²) in [6, 6.07) is 7.92. The van der Waals surface area contributed by atoms with Gasteiger partial charge in [-0.2, -0.15) is 0 Å². The van der Waals surface area contributed by atoms with Gasteiger partial charge in [-0.25, -0.2) is 0 Å². The van der Waals surface area contributed by atoms with Crippen molar-refractivity contribution >= 4 is 5.91 Å². The summed E-state index contributed by atoms with van der Waals surface area (Å²) in [6.07, 6.45) is 0.230. The lowest BCUT2D eigenvalue weighted by Crippen LogP contribution is -2.44. The number of carbonyl (C=O) groups excluding carboxylic acids is 1. The van der Waals surface area contributed by atoms with E-state index in [2.05, 4.69) is 19.2 Å². The van der Waals surface area contributed by atoms with Gasteiger partial charge in [0, 0.05) is 6.04 Å². The average Bonchev–Trinajstić information content (AvgIpc) is 2.37. The van der Waals surface area contributed by atoms with Crippen LogP contribution in [-0.4, -0.2) is 18.1 Å². The number of aryl methyl sites for hydroxylation is 1. The first-order valence-corrected chi connectivity index (χ1v) is 6.97. The highest BCUT2D eigenvalue weighted by molar-refractivity contribution is 5.81. The summed E-state index contributed by atoms with van der Waals surface area (Å²) < 4.78 is 5.75. The highest BCUT2D eigenvalue weighted by Crippen LogP contribution is 2.15. The van der Waals surface area contributed by atoms with Crippen molar-refractivity contribution < 1.29 is 9.53 Å². The zero-order chi connectivity index (χ0) is 14.4. The molecule has 0 aromatic heterocycles. The van der Waals surface area contributed by atoms with Gasteiger partial charge in [-0.15, -0.1) is 0 Å². The molecule has 0 heterocycles. The lowest BCUT2D eigenvalue weighted by Gasteiger charge is -2.22. The molecule has 0 spiro atoms. The van der Waals surface area contributed by atoms with Crippen LogP contribution < -0.4 is 10.1 Å². The molecule has 1 aromatic carbocycles. The fourth-order valence-electron chi connectivity index (χ4n) is 1.59. The molecule has 0 radical (unpaired) electrons. The third-order valence-electron chi connectivity index (χ3n) is 3.33. The van der Waals surface area contributed by atoms with Crippen molar-refractivity contribution in [1.29, 1.82) is 0 Å². The number of ether oxygens (including phenoxy) is 1. The Balaban J connectivity index is 2.62. The summed E-state index contributed by atoms with van der Waals surface area (Å²) in [7, 11) is 0. The molecule has 0 unspecified atom stereocenters. The van der Waals surface area contributed by atoms with E-state index in [4.69, 9.17) is 4.74 Å². The molecule has 0 saturated heterocycles. The molecule has 2 atom stereocenters. The van der Waals surface area contributed by atoms with Crippen LogP contribution in [0.3, 0.4) is 0 Å². The van der Waals surface area contributed by atoms with Gasteiger partial charge in [-0.1, -0.05) is 38.5 Å². The maximum atomic E-state index is 12.1. The lowest BCUT2D eigenvalue weighted by atomic mass is 10.1. The molecular formula is C16H25NO2. The quantitative estimate of drug-likeness (QED) is 0.855. The largest absolute Gasteiger partial charge is 0.481 e. The molecule has 0 aliphatic rings. The molecule has 1 amide bonds. The van der Waals surface area contributed by atoms with E-state index in [1.807, 2.05) is 45.0 Å². The fraction of sp³-hybridized carbons (Fsp3) is 0.562. The summed E-state index contributed by atoms with van der Waals surface area (Å²) in [4.78, 5) is 12.1. The summed E-state index contributed by atoms with van der Waals surface area (Å²) in [5.74, 6) is 1.12. The van der Waals surface area contributed by atoms with Gasteiger partial charge < -0.3 is 10.1 Å². The number of nitrogens with one attached hydrogen (secondary N) is 1. The van der Waals surface area contributed by atoms with E-state index < -0.39 is 6.10 Å². The first-order chi connectivity index (χ1) is 8.93. The molecule has 0 fully saturated rings. The molecule has 1 N–H and O–H groups in total. The Morgan fingerprint density at radius 2 is 1.79 bits per heavy atom. The molecule has 1 rings (SSSR count). The predicted octanol–water partition coefficient (Wildman–Crippen LogP) is 3.31. The SMILES string of the molecule is CC[C@H](Oc1ccc(C)cc1)C(=O)N[C@@H](C)C(C)C. The van der Waals surface area contributed by atoms with Gasteiger partial charge in [-0.3, -0.25) is 4.79 Å². The van der Waals surface area contributed by atoms with Crippen LogP contribution in [0.4, 0.5) is 0 Å². The van der Waals surface area contributed by atoms with Gasteiger partial charge in [-0.05, 0) is 38.3 Å². The molecule has 1 aromatic rings. The fourth-order valence-corrected chi connectivity index (χ4v) is 1.59. The van der Waals surface area contributed by atoms with Crippen molar-refractivity contribution in [2.75, 3.05) is 0 Å². The number of hydrogen-bond acceptors (Lipinski definition) is 2. The first kappa shape index (κ1) is 15.5. The van der Waals surface area contributed by atoms with Crippen molar-refractivity contribution in [3.63, 3.8) is 0 Å². The molecule has 106 valence electrons. The van der Waals surface area contributed by atoms with Crippen LogP contribution in [-0.2, 0) is 4.79 Å². The van der Waals surface area contributed by atoms with Crippen molar-refractivity contribution in [2.45, 2.75) is 53.2 Å². The van der Waals surface area contributed by atoms with E-state index in [1.165, 1.54) is 5.56 Å². The molecule has 0 aliphatic carbocycles. The Morgan fingerprint density at radius 1 is 1.21 bits per heavy atom. The van der Waals surface area contributed by atoms with E-state index in [9.17, 15) is 4.79 Å². The number of carbonyl (C=O) groups is 1. The predicted molar refractivity (Wildman–Crippen MR) is 78.3 cm³/mol. The van der Waals surface area contributed by atoms with Crippen molar-refractivity contribution in [3.05, 3.63) is 29.8 Å². The maximum Gasteiger partial charge on any atom is 0.261 e. The minimum absolute atomic E-state index is 0.0377. The maximum absolute atomic E-state index is 12.1. The standard InChI is InChI=1S/C16H25NO2/c1-6-15(16(18)17-13(5)11(2)3)19-14-9-7-12(4)8-10-14/h7-11,13,15H,6H2,1-5H3,(H,17,18)/t13-,15-/m0/s1. The Morgan fingerprint density at radius 3 is 2.26 bits per heavy atom. The van der Waals surface area contributed by atoms with Gasteiger partial charge in [0.25, 0.3) is 5.91 Å². The van der Waals surface area contributed by atoms with E-state index >= 15 is 0 Å². The second-order valence-corrected chi connectivity index (χ2v) is 5.37. The van der Waals surface area contributed by atoms with Gasteiger partial charge >= 0.3 is 0 Å². The van der Waals surface area contributed by atoms with E-state index in [0.717, 1.165) is 5.75 Å². The molecule has 3 heteroatoms. The zero-order valence-corrected chi connectivity index (χ0v) is 12.6. The van der Waals surface area contributed by atoms with Crippen molar-refractivity contribution in [3.8, 4) is 5.75 Å². The van der Waals surface area contributed by atoms with Crippen LogP contribution in [0, 0.1) is 12.8 Å². The van der Waals surface area contributed by atoms with E-state index in [0.29, 0.717) is 12.3 Å². The minimum atomic E-state index is -0.427. The second kappa shape index (κ2) is 7.17. The third kappa shape index (κ3) is 4.93. The third-order valence-corrected chi connectivity index (χ3v) is 3.33. The van der Waals surface area contributed by atoms with Crippen LogP contribution >= 0.6 is 0 Å². The first-order valence-electron chi connectivity index (χ1n) is 6.97. The minimum Gasteiger partial charge on any atom is -0.481 e. The highest BCUT2D eigenvalue weighted by Gasteiger charge is 2.21. The van der Waals surface area contributed by atoms with Gasteiger partial charge in [0.05, 0.1) is 0 Å². The topological polar surface area (TPSA) is 38.3 Å². The van der Waals surface area contributed by atoms with E-state index in [1.54, 1.807) is 0 Å². The Kier molecular flexibility index (Phi) is 5.87. The van der Waals surface area contributed by atoms with Crippen molar-refractivity contribution in [1.82, 2.24) is 5.32 Å². The molecule has 19 heavy (non-hydrogen) atoms. The molecule has 0 aliphatic heterocycles. The molecule has 0 bridgehead atoms. The number of amides is 1. The lowest BCUT2D eigenvalue weighted by molar-refractivity contribution is -0.129. The van der Waals surface area contributed by atoms with Gasteiger partial charge in [0.15, 0.2) is 6.10 Å². The van der Waals surface area contributed by atoms with Gasteiger partial charge in [0.2, 0.25) is 0 Å². The Labute approximate surface area is 116 Å². The molecule has 0 saturated carbocycles. The molecular weight excluding hydrogens is 238 g/mol. The monoisotopic (exact) mass is 263 g/mol. The van der Waals surface area contributed by atoms with Gasteiger partial charge in [0.1, 0.15) is 5.75 Å². The van der Waals surface area contributed by atoms with Crippen LogP contribution in [0.25, 0.3) is 0 Å². The number of hydrogen-bond donors (Lipinski definition) is 1. The van der Waals surface area contributed by atoms with Crippen LogP contribution in [0.15, 0.2) is 24.3 Å². The highest BCUT2D eigenvalue weighted by atomic mass is 16.5. The zero-order valence-electron chi connectivity index (χ0n) is 12.6. The molecule has 3 nitrogen and oxygen atoms in total. The van der Waals surface area contributed by atoms with Crippen molar-refractivity contribution in [2.24, 2.45) is 5.92 Å². The normalized spacial score (nSPS) is 14.0. The summed E-state index contributed by atoms with van der Waals surface area (Å²) in [5.41, 5.74) is 1.18. The van der Waals surface area contributed by atoms with Crippen LogP contribution in [0.5, 0.6) is 5.75 Å². The second-order valence-electron chi connectivity index (χ2n) is 5.37. The van der Waals surface area contributed by atoms with Crippen LogP contribution in [0.1, 0.15) is 39.7 Å². The summed E-state index contributed by atoms with van der Waals surface area (Å²) in [5, 5.41) is 3.00. The smallest absolute Gasteiger partial charge is 0.261 e. The summed E-state index contributed by atoms with van der Waals surface area (Å²) >= 11 is 0. The Hall–Kier alpha value is -1.51.